The number of Topliss-reactive ketones (excluding diaryl/α,β-unsaturated/α-hetero) is 1. The molecule has 156 valence electrons. The molecular weight excluding hydrogens is 386 g/mol. The summed E-state index contributed by atoms with van der Waals surface area (Å²) in [5, 5.41) is 0. The number of hydrogen-bond acceptors (Lipinski definition) is 4. The number of ether oxygens (including phenoxy) is 1. The van der Waals surface area contributed by atoms with Crippen molar-refractivity contribution in [3.63, 3.8) is 0 Å². The Kier molecular flexibility index (Phi) is 6.87. The van der Waals surface area contributed by atoms with E-state index in [1.165, 1.54) is 19.1 Å². The molecule has 4 nitrogen and oxygen atoms in total. The van der Waals surface area contributed by atoms with Crippen molar-refractivity contribution in [1.82, 2.24) is 9.97 Å². The Balaban J connectivity index is 1.94. The molecule has 0 amide bonds. The van der Waals surface area contributed by atoms with Gasteiger partial charge in [0.15, 0.2) is 11.6 Å². The van der Waals surface area contributed by atoms with E-state index >= 15 is 0 Å². The fourth-order valence-corrected chi connectivity index (χ4v) is 3.02. The molecule has 3 rings (SSSR count). The molecule has 0 bridgehead atoms. The minimum absolute atomic E-state index is 0.0794. The van der Waals surface area contributed by atoms with Crippen LogP contribution in [0.4, 0.5) is 8.78 Å². The van der Waals surface area contributed by atoms with Crippen LogP contribution in [-0.4, -0.2) is 21.9 Å². The van der Waals surface area contributed by atoms with Gasteiger partial charge in [-0.05, 0) is 49.6 Å². The lowest BCUT2D eigenvalue weighted by atomic mass is 10.1. The molecule has 1 aliphatic carbocycles. The van der Waals surface area contributed by atoms with Crippen LogP contribution in [0.5, 0.6) is 5.75 Å². The van der Waals surface area contributed by atoms with Gasteiger partial charge in [0.1, 0.15) is 11.4 Å². The van der Waals surface area contributed by atoms with E-state index < -0.39 is 6.11 Å². The predicted octanol–water partition coefficient (Wildman–Crippen LogP) is 6.41. The van der Waals surface area contributed by atoms with Gasteiger partial charge in [-0.3, -0.25) is 4.79 Å². The maximum atomic E-state index is 13.7. The van der Waals surface area contributed by atoms with E-state index in [9.17, 15) is 13.6 Å². The van der Waals surface area contributed by atoms with Crippen LogP contribution < -0.4 is 4.74 Å². The normalized spacial score (nSPS) is 17.9. The molecule has 30 heavy (non-hydrogen) atoms. The Morgan fingerprint density at radius 3 is 2.60 bits per heavy atom. The standard InChI is InChI=1S/C24H24F2N2O2/c1-3-15-24(25,26)30-20-13-11-18(12-14-20)22-16-21(17(2)29)27-23(28-22)19-9-7-5-4-6-8-10-19/h4-5,7,9-14,16H,3,6,8,15H2,1-2H3/b5-4+,9-7-,19-10+. The molecule has 0 aliphatic heterocycles. The summed E-state index contributed by atoms with van der Waals surface area (Å²) < 4.78 is 32.2. The molecule has 1 aromatic heterocycles. The van der Waals surface area contributed by atoms with Crippen LogP contribution in [0.2, 0.25) is 0 Å². The number of benzene rings is 1. The molecule has 0 atom stereocenters. The first-order valence-corrected chi connectivity index (χ1v) is 9.99. The molecular formula is C24H24F2N2O2. The largest absolute Gasteiger partial charge is 0.433 e. The Hall–Kier alpha value is -3.15. The number of hydrogen-bond donors (Lipinski definition) is 0. The highest BCUT2D eigenvalue weighted by Crippen LogP contribution is 2.28. The second-order valence-electron chi connectivity index (χ2n) is 7.06. The van der Waals surface area contributed by atoms with Crippen molar-refractivity contribution in [2.45, 2.75) is 45.6 Å². The summed E-state index contributed by atoms with van der Waals surface area (Å²) in [4.78, 5) is 21.0. The number of carbonyl (C=O) groups excluding carboxylic acids is 1. The summed E-state index contributed by atoms with van der Waals surface area (Å²) >= 11 is 0. The molecule has 0 radical (unpaired) electrons. The highest BCUT2D eigenvalue weighted by Gasteiger charge is 2.30. The first-order chi connectivity index (χ1) is 14.4. The Morgan fingerprint density at radius 2 is 1.90 bits per heavy atom. The van der Waals surface area contributed by atoms with Gasteiger partial charge in [-0.2, -0.15) is 8.78 Å². The van der Waals surface area contributed by atoms with Gasteiger partial charge in [0.25, 0.3) is 0 Å². The minimum atomic E-state index is -3.20. The van der Waals surface area contributed by atoms with E-state index in [1.54, 1.807) is 25.1 Å². The van der Waals surface area contributed by atoms with E-state index in [0.717, 1.165) is 18.4 Å². The fraction of sp³-hybridized carbons (Fsp3) is 0.292. The lowest BCUT2D eigenvalue weighted by Crippen LogP contribution is -2.24. The van der Waals surface area contributed by atoms with Crippen LogP contribution in [0.15, 0.2) is 60.7 Å². The molecule has 0 saturated heterocycles. The Bertz CT molecular complexity index is 993. The molecule has 1 aliphatic rings. The zero-order chi connectivity index (χ0) is 21.6. The summed E-state index contributed by atoms with van der Waals surface area (Å²) in [6, 6.07) is 7.87. The van der Waals surface area contributed by atoms with Gasteiger partial charge in [0.05, 0.1) is 12.1 Å². The Morgan fingerprint density at radius 1 is 1.13 bits per heavy atom. The number of halogens is 2. The van der Waals surface area contributed by atoms with Crippen LogP contribution in [0.3, 0.4) is 0 Å². The number of aromatic nitrogens is 2. The van der Waals surface area contributed by atoms with Crippen molar-refractivity contribution in [3.8, 4) is 17.0 Å². The molecule has 0 fully saturated rings. The van der Waals surface area contributed by atoms with E-state index in [4.69, 9.17) is 4.74 Å². The molecule has 2 aromatic rings. The molecule has 0 unspecified atom stereocenters. The van der Waals surface area contributed by atoms with E-state index in [-0.39, 0.29) is 18.0 Å². The van der Waals surface area contributed by atoms with Gasteiger partial charge < -0.3 is 4.74 Å². The maximum Gasteiger partial charge on any atom is 0.397 e. The molecule has 0 spiro atoms. The summed E-state index contributed by atoms with van der Waals surface area (Å²) in [5.74, 6) is 0.365. The van der Waals surface area contributed by atoms with Crippen molar-refractivity contribution in [3.05, 3.63) is 72.2 Å². The average molecular weight is 410 g/mol. The quantitative estimate of drug-likeness (QED) is 0.495. The minimum Gasteiger partial charge on any atom is -0.433 e. The predicted molar refractivity (Wildman–Crippen MR) is 113 cm³/mol. The number of alkyl halides is 2. The maximum absolute atomic E-state index is 13.7. The molecule has 1 heterocycles. The first-order valence-electron chi connectivity index (χ1n) is 9.99. The van der Waals surface area contributed by atoms with Gasteiger partial charge in [-0.25, -0.2) is 9.97 Å². The van der Waals surface area contributed by atoms with Gasteiger partial charge >= 0.3 is 6.11 Å². The van der Waals surface area contributed by atoms with Gasteiger partial charge in [-0.1, -0.05) is 37.3 Å². The molecule has 1 aromatic carbocycles. The van der Waals surface area contributed by atoms with E-state index in [0.29, 0.717) is 29.2 Å². The molecule has 0 N–H and O–H groups in total. The zero-order valence-corrected chi connectivity index (χ0v) is 17.1. The van der Waals surface area contributed by atoms with Gasteiger partial charge in [-0.15, -0.1) is 0 Å². The lowest BCUT2D eigenvalue weighted by Gasteiger charge is -2.17. The van der Waals surface area contributed by atoms with Crippen molar-refractivity contribution in [2.75, 3.05) is 0 Å². The number of ketones is 1. The monoisotopic (exact) mass is 410 g/mol. The molecule has 6 heteroatoms. The number of carbonyl (C=O) groups is 1. The summed E-state index contributed by atoms with van der Waals surface area (Å²) in [6.45, 7) is 3.13. The number of rotatable bonds is 7. The number of allylic oxidation sites excluding steroid dienone is 6. The topological polar surface area (TPSA) is 52.1 Å². The van der Waals surface area contributed by atoms with Crippen molar-refractivity contribution in [1.29, 1.82) is 0 Å². The van der Waals surface area contributed by atoms with E-state index in [2.05, 4.69) is 16.0 Å². The van der Waals surface area contributed by atoms with Crippen molar-refractivity contribution >= 4 is 11.4 Å². The highest BCUT2D eigenvalue weighted by atomic mass is 19.3. The molecule has 0 saturated carbocycles. The zero-order valence-electron chi connectivity index (χ0n) is 17.1. The third kappa shape index (κ3) is 5.69. The smallest absolute Gasteiger partial charge is 0.397 e. The third-order valence-electron chi connectivity index (χ3n) is 4.52. The summed E-state index contributed by atoms with van der Waals surface area (Å²) in [6.07, 6.45) is 8.44. The highest BCUT2D eigenvalue weighted by molar-refractivity contribution is 5.93. The van der Waals surface area contributed by atoms with Crippen LogP contribution in [-0.2, 0) is 0 Å². The number of nitrogens with zero attached hydrogens (tertiary/aromatic N) is 2. The van der Waals surface area contributed by atoms with Crippen molar-refractivity contribution in [2.24, 2.45) is 0 Å². The lowest BCUT2D eigenvalue weighted by molar-refractivity contribution is -0.180. The second kappa shape index (κ2) is 9.57. The van der Waals surface area contributed by atoms with Crippen molar-refractivity contribution < 1.29 is 18.3 Å². The SMILES string of the molecule is CCCC(F)(F)Oc1ccc(-c2cc(C(C)=O)nc(C3=C/CC/C=C/C=C\3)n2)cc1. The average Bonchev–Trinajstić information content (AvgIpc) is 2.67. The summed E-state index contributed by atoms with van der Waals surface area (Å²) in [5.41, 5.74) is 2.37. The summed E-state index contributed by atoms with van der Waals surface area (Å²) in [7, 11) is 0. The fourth-order valence-electron chi connectivity index (χ4n) is 3.02. The van der Waals surface area contributed by atoms with Crippen LogP contribution >= 0.6 is 0 Å². The first kappa shape index (κ1) is 21.6. The third-order valence-corrected chi connectivity index (χ3v) is 4.52. The van der Waals surface area contributed by atoms with Crippen LogP contribution in [0.25, 0.3) is 16.8 Å². The van der Waals surface area contributed by atoms with Gasteiger partial charge in [0, 0.05) is 18.1 Å². The van der Waals surface area contributed by atoms with Gasteiger partial charge in [0.2, 0.25) is 0 Å². The van der Waals surface area contributed by atoms with Crippen LogP contribution in [0, 0.1) is 0 Å². The van der Waals surface area contributed by atoms with Crippen LogP contribution in [0.1, 0.15) is 55.8 Å². The second-order valence-corrected chi connectivity index (χ2v) is 7.06. The Labute approximate surface area is 175 Å². The van der Waals surface area contributed by atoms with E-state index in [1.807, 2.05) is 24.3 Å².